The highest BCUT2D eigenvalue weighted by Crippen LogP contribution is 2.30. The Balaban J connectivity index is 0.000000184. The highest BCUT2D eigenvalue weighted by atomic mass is 79.9. The van der Waals surface area contributed by atoms with Crippen molar-refractivity contribution in [1.29, 1.82) is 0 Å². The molecule has 1 fully saturated rings. The summed E-state index contributed by atoms with van der Waals surface area (Å²) < 4.78 is 26.6. The van der Waals surface area contributed by atoms with Crippen LogP contribution in [0.25, 0.3) is 33.8 Å². The van der Waals surface area contributed by atoms with Crippen LogP contribution in [0.2, 0.25) is 0 Å². The summed E-state index contributed by atoms with van der Waals surface area (Å²) in [6, 6.07) is 18.2. The average Bonchev–Trinajstić information content (AvgIpc) is 4.02. The molecular formula is C58H61Br2N11O9. The number of hydrogen-bond donors (Lipinski definition) is 3. The van der Waals surface area contributed by atoms with Gasteiger partial charge < -0.3 is 44.7 Å². The molecule has 20 nitrogen and oxygen atoms in total. The standard InChI is InChI=1S/C24H27N5O3.C14H13BrN2O2.C12H9BrN2O2.C8H12N2O2/c1-16-10-17(13-25-12-16)20-11-19(21(15-26-20)29-8-4-5-9-29)23(30)27-14-18-6-7-22(31-2)24(28-18)32-3;1-3-19-14(18)11-5-13(17-8-12(11)15)10-4-9(2)6-16-7-10;1-7-2-8(5-14-4-7)11-3-9(12(16)17)10(13)6-15-11;1-11-7-4-3-6(5-9)10-8(7)12-2/h6-7,10-13,15H,4-5,8-9,14H2,1-3H3,(H,27,30);4-8H,3H2,1-2H3;2-6H,1H3,(H,16,17);3-4H,5,9H2,1-2H3. The molecule has 0 saturated carbocycles. The quantitative estimate of drug-likeness (QED) is 0.0806. The topological polar surface area (TPSA) is 262 Å². The van der Waals surface area contributed by atoms with Gasteiger partial charge in [-0.15, -0.1) is 0 Å². The van der Waals surface area contributed by atoms with Crippen molar-refractivity contribution in [2.45, 2.75) is 53.6 Å². The number of esters is 1. The van der Waals surface area contributed by atoms with Crippen molar-refractivity contribution in [3.05, 3.63) is 170 Å². The fourth-order valence-electron chi connectivity index (χ4n) is 7.82. The molecule has 0 aromatic carbocycles. The van der Waals surface area contributed by atoms with Crippen LogP contribution >= 0.6 is 31.9 Å². The van der Waals surface area contributed by atoms with E-state index in [1.54, 1.807) is 108 Å². The Labute approximate surface area is 480 Å². The molecular weight excluding hydrogens is 1150 g/mol. The van der Waals surface area contributed by atoms with E-state index in [0.717, 1.165) is 76.4 Å². The molecule has 9 rings (SSSR count). The van der Waals surface area contributed by atoms with Gasteiger partial charge in [0.2, 0.25) is 0 Å². The number of pyridine rings is 8. The minimum atomic E-state index is -0.985. The van der Waals surface area contributed by atoms with Crippen LogP contribution in [0.1, 0.15) is 78.9 Å². The molecule has 1 saturated heterocycles. The Morgan fingerprint density at radius 2 is 1.05 bits per heavy atom. The molecule has 22 heteroatoms. The number of aromatic nitrogens is 8. The van der Waals surface area contributed by atoms with Gasteiger partial charge in [-0.3, -0.25) is 34.7 Å². The molecule has 0 bridgehead atoms. The van der Waals surface area contributed by atoms with Gasteiger partial charge in [0.1, 0.15) is 0 Å². The van der Waals surface area contributed by atoms with Crippen molar-refractivity contribution in [2.24, 2.45) is 5.73 Å². The minimum Gasteiger partial charge on any atom is -0.491 e. The van der Waals surface area contributed by atoms with Gasteiger partial charge >= 0.3 is 11.9 Å². The lowest BCUT2D eigenvalue weighted by atomic mass is 10.1. The third-order valence-electron chi connectivity index (χ3n) is 11.8. The monoisotopic (exact) mass is 1210 g/mol. The maximum atomic E-state index is 13.3. The number of ether oxygens (including phenoxy) is 5. The SMILES string of the molecule is CCOC(=O)c1cc(-c2cncc(C)c2)ncc1Br.COc1ccc(CN)nc1OC.COc1ccc(CNC(=O)c2cc(-c3cncc(C)c3)ncc2N2CCCC2)nc1OC.Cc1cncc(-c2cc(C(=O)O)c(Br)cn2)c1. The summed E-state index contributed by atoms with van der Waals surface area (Å²) in [6.07, 6.45) is 17.6. The second-order valence-corrected chi connectivity index (χ2v) is 19.3. The van der Waals surface area contributed by atoms with Crippen molar-refractivity contribution in [3.8, 4) is 57.0 Å². The lowest BCUT2D eigenvalue weighted by Crippen LogP contribution is -2.27. The van der Waals surface area contributed by atoms with E-state index in [1.807, 2.05) is 45.0 Å². The van der Waals surface area contributed by atoms with Gasteiger partial charge in [-0.1, -0.05) is 0 Å². The van der Waals surface area contributed by atoms with Gasteiger partial charge in [-0.05, 0) is 150 Å². The number of anilines is 1. The molecule has 1 aliphatic heterocycles. The third-order valence-corrected chi connectivity index (χ3v) is 13.0. The molecule has 1 amide bonds. The lowest BCUT2D eigenvalue weighted by molar-refractivity contribution is 0.0524. The van der Waals surface area contributed by atoms with Gasteiger partial charge in [0.15, 0.2) is 11.5 Å². The fraction of sp³-hybridized carbons (Fsp3) is 0.259. The van der Waals surface area contributed by atoms with Crippen molar-refractivity contribution in [2.75, 3.05) is 53.0 Å². The average molecular weight is 1220 g/mol. The molecule has 0 spiro atoms. The number of methoxy groups -OCH3 is 4. The normalized spacial score (nSPS) is 11.3. The number of carboxylic acid groups (broad SMARTS) is 1. The zero-order chi connectivity index (χ0) is 57.7. The van der Waals surface area contributed by atoms with Crippen LogP contribution in [0.3, 0.4) is 0 Å². The molecule has 8 aromatic heterocycles. The second-order valence-electron chi connectivity index (χ2n) is 17.6. The molecule has 416 valence electrons. The number of nitrogens with two attached hydrogens (primary N) is 1. The molecule has 8 aromatic rings. The van der Waals surface area contributed by atoms with Crippen LogP contribution in [-0.4, -0.2) is 111 Å². The molecule has 9 heterocycles. The number of nitrogens with one attached hydrogen (secondary N) is 1. The highest BCUT2D eigenvalue weighted by Gasteiger charge is 2.22. The molecule has 0 unspecified atom stereocenters. The van der Waals surface area contributed by atoms with Gasteiger partial charge in [0.05, 0.1) is 108 Å². The third kappa shape index (κ3) is 16.8. The van der Waals surface area contributed by atoms with E-state index in [9.17, 15) is 14.4 Å². The van der Waals surface area contributed by atoms with Gasteiger partial charge in [-0.2, -0.15) is 0 Å². The van der Waals surface area contributed by atoms with Crippen molar-refractivity contribution in [3.63, 3.8) is 0 Å². The molecule has 0 aliphatic carbocycles. The van der Waals surface area contributed by atoms with Crippen molar-refractivity contribution < 1.29 is 43.2 Å². The van der Waals surface area contributed by atoms with E-state index in [0.29, 0.717) is 73.6 Å². The van der Waals surface area contributed by atoms with Crippen LogP contribution in [0, 0.1) is 20.8 Å². The van der Waals surface area contributed by atoms with Gasteiger partial charge in [0, 0.05) is 85.9 Å². The smallest absolute Gasteiger partial charge is 0.339 e. The highest BCUT2D eigenvalue weighted by molar-refractivity contribution is 9.10. The van der Waals surface area contributed by atoms with E-state index >= 15 is 0 Å². The van der Waals surface area contributed by atoms with E-state index in [1.165, 1.54) is 19.4 Å². The number of carboxylic acids is 1. The Bertz CT molecular complexity index is 3420. The fourth-order valence-corrected chi connectivity index (χ4v) is 8.58. The van der Waals surface area contributed by atoms with E-state index < -0.39 is 5.97 Å². The second kappa shape index (κ2) is 30.0. The Morgan fingerprint density at radius 1 is 0.600 bits per heavy atom. The van der Waals surface area contributed by atoms with E-state index in [4.69, 9.17) is 34.5 Å². The number of hydrogen-bond acceptors (Lipinski definition) is 18. The Morgan fingerprint density at radius 3 is 1.50 bits per heavy atom. The molecule has 4 N–H and O–H groups in total. The van der Waals surface area contributed by atoms with Crippen LogP contribution in [0.4, 0.5) is 5.69 Å². The summed E-state index contributed by atoms with van der Waals surface area (Å²) >= 11 is 6.47. The summed E-state index contributed by atoms with van der Waals surface area (Å²) in [5.74, 6) is 0.502. The summed E-state index contributed by atoms with van der Waals surface area (Å²) in [5, 5.41) is 12.0. The summed E-state index contributed by atoms with van der Waals surface area (Å²) in [5.41, 5.74) is 16.6. The zero-order valence-electron chi connectivity index (χ0n) is 45.5. The van der Waals surface area contributed by atoms with Gasteiger partial charge in [0.25, 0.3) is 17.7 Å². The van der Waals surface area contributed by atoms with Crippen LogP contribution in [0.5, 0.6) is 23.3 Å². The Kier molecular flexibility index (Phi) is 22.8. The van der Waals surface area contributed by atoms with Crippen molar-refractivity contribution >= 4 is 55.4 Å². The summed E-state index contributed by atoms with van der Waals surface area (Å²) in [6.45, 7) is 10.5. The predicted molar refractivity (Wildman–Crippen MR) is 310 cm³/mol. The van der Waals surface area contributed by atoms with Crippen LogP contribution < -0.4 is 34.9 Å². The lowest BCUT2D eigenvalue weighted by Gasteiger charge is -2.21. The van der Waals surface area contributed by atoms with Gasteiger partial charge in [-0.25, -0.2) is 19.6 Å². The summed E-state index contributed by atoms with van der Waals surface area (Å²) in [4.78, 5) is 72.4. The number of nitrogens with zero attached hydrogens (tertiary/aromatic N) is 9. The first-order valence-electron chi connectivity index (χ1n) is 25.0. The first kappa shape index (κ1) is 60.8. The number of halogens is 2. The van der Waals surface area contributed by atoms with Crippen LogP contribution in [-0.2, 0) is 17.8 Å². The molecule has 80 heavy (non-hydrogen) atoms. The maximum absolute atomic E-state index is 13.3. The first-order valence-corrected chi connectivity index (χ1v) is 26.5. The van der Waals surface area contributed by atoms with E-state index in [2.05, 4.69) is 81.9 Å². The largest absolute Gasteiger partial charge is 0.491 e. The molecule has 0 radical (unpaired) electrons. The first-order chi connectivity index (χ1) is 38.6. The molecule has 0 atom stereocenters. The number of aromatic carboxylic acids is 1. The summed E-state index contributed by atoms with van der Waals surface area (Å²) in [7, 11) is 6.21. The number of rotatable bonds is 15. The number of amides is 1. The van der Waals surface area contributed by atoms with Crippen molar-refractivity contribution in [1.82, 2.24) is 45.2 Å². The number of carbonyl (C=O) groups excluding carboxylic acids is 2. The van der Waals surface area contributed by atoms with E-state index in [-0.39, 0.29) is 24.0 Å². The maximum Gasteiger partial charge on any atom is 0.339 e. The predicted octanol–water partition coefficient (Wildman–Crippen LogP) is 10.3. The molecule has 1 aliphatic rings. The minimum absolute atomic E-state index is 0.173. The number of carbonyl (C=O) groups is 3. The Hall–Kier alpha value is -8.47. The van der Waals surface area contributed by atoms with Crippen LogP contribution in [0.15, 0.2) is 125 Å². The number of aryl methyl sites for hydroxylation is 3. The zero-order valence-corrected chi connectivity index (χ0v) is 48.7.